The van der Waals surface area contributed by atoms with Crippen LogP contribution in [0.4, 0.5) is 0 Å². The molecule has 2 nitrogen and oxygen atoms in total. The first kappa shape index (κ1) is 11.9. The Labute approximate surface area is 77.1 Å². The molecule has 0 heterocycles. The van der Waals surface area contributed by atoms with Gasteiger partial charge < -0.3 is 0 Å². The van der Waals surface area contributed by atoms with Gasteiger partial charge in [-0.1, -0.05) is 26.7 Å². The van der Waals surface area contributed by atoms with Crippen LogP contribution in [0.5, 0.6) is 0 Å². The SMILES string of the molecule is CCCC[N]CC[N]CCCC. The molecule has 0 fully saturated rings. The molecule has 0 unspecified atom stereocenters. The van der Waals surface area contributed by atoms with Gasteiger partial charge in [0.25, 0.3) is 0 Å². The summed E-state index contributed by atoms with van der Waals surface area (Å²) in [6.07, 6.45) is 4.96. The Kier molecular flexibility index (Phi) is 10.8. The lowest BCUT2D eigenvalue weighted by atomic mass is 10.3. The van der Waals surface area contributed by atoms with Crippen molar-refractivity contribution in [1.82, 2.24) is 10.6 Å². The first-order valence-corrected chi connectivity index (χ1v) is 5.18. The monoisotopic (exact) mass is 170 g/mol. The summed E-state index contributed by atoms with van der Waals surface area (Å²) in [5, 5.41) is 8.73. The third-order valence-corrected chi connectivity index (χ3v) is 1.76. The van der Waals surface area contributed by atoms with Crippen molar-refractivity contribution >= 4 is 0 Å². The summed E-state index contributed by atoms with van der Waals surface area (Å²) in [6.45, 7) is 8.31. The third kappa shape index (κ3) is 9.92. The van der Waals surface area contributed by atoms with Gasteiger partial charge in [0.2, 0.25) is 0 Å². The van der Waals surface area contributed by atoms with Crippen molar-refractivity contribution < 1.29 is 0 Å². The summed E-state index contributed by atoms with van der Waals surface area (Å²) in [7, 11) is 0. The molecule has 0 aromatic rings. The summed E-state index contributed by atoms with van der Waals surface area (Å²) in [5.74, 6) is 0. The minimum atomic E-state index is 0.934. The molecule has 12 heavy (non-hydrogen) atoms. The van der Waals surface area contributed by atoms with Crippen molar-refractivity contribution in [1.29, 1.82) is 0 Å². The van der Waals surface area contributed by atoms with E-state index in [-0.39, 0.29) is 0 Å². The number of unbranched alkanes of at least 4 members (excludes halogenated alkanes) is 2. The minimum absolute atomic E-state index is 0.934. The van der Waals surface area contributed by atoms with E-state index in [9.17, 15) is 0 Å². The fraction of sp³-hybridized carbons (Fsp3) is 1.00. The second-order valence-corrected chi connectivity index (χ2v) is 3.05. The van der Waals surface area contributed by atoms with Gasteiger partial charge in [-0.05, 0) is 12.8 Å². The van der Waals surface area contributed by atoms with Gasteiger partial charge >= 0.3 is 0 Å². The van der Waals surface area contributed by atoms with E-state index in [1.165, 1.54) is 25.7 Å². The van der Waals surface area contributed by atoms with Gasteiger partial charge in [0.05, 0.1) is 0 Å². The van der Waals surface area contributed by atoms with Crippen LogP contribution < -0.4 is 10.6 Å². The molecule has 0 N–H and O–H groups in total. The van der Waals surface area contributed by atoms with Gasteiger partial charge in [-0.3, -0.25) is 0 Å². The molecule has 0 aliphatic rings. The van der Waals surface area contributed by atoms with E-state index in [1.54, 1.807) is 0 Å². The predicted octanol–water partition coefficient (Wildman–Crippen LogP) is 1.80. The standard InChI is InChI=1S/C10H22N2/c1-3-5-7-11-9-10-12-8-6-4-2/h3-10H2,1-2H3. The molecule has 0 aliphatic heterocycles. The van der Waals surface area contributed by atoms with Crippen molar-refractivity contribution in [3.05, 3.63) is 0 Å². The molecule has 0 rings (SSSR count). The lowest BCUT2D eigenvalue weighted by Crippen LogP contribution is -2.19. The molecule has 0 aliphatic carbocycles. The van der Waals surface area contributed by atoms with Gasteiger partial charge in [0.1, 0.15) is 0 Å². The maximum atomic E-state index is 4.36. The van der Waals surface area contributed by atoms with Crippen molar-refractivity contribution in [2.75, 3.05) is 26.2 Å². The Morgan fingerprint density at radius 1 is 0.667 bits per heavy atom. The molecule has 0 amide bonds. The van der Waals surface area contributed by atoms with Gasteiger partial charge in [0, 0.05) is 26.2 Å². The Morgan fingerprint density at radius 3 is 1.42 bits per heavy atom. The summed E-state index contributed by atoms with van der Waals surface area (Å²) < 4.78 is 0. The summed E-state index contributed by atoms with van der Waals surface area (Å²) in [6, 6.07) is 0. The average molecular weight is 170 g/mol. The molecule has 0 saturated heterocycles. The Balaban J connectivity index is 2.73. The van der Waals surface area contributed by atoms with Crippen LogP contribution in [0.15, 0.2) is 0 Å². The van der Waals surface area contributed by atoms with Gasteiger partial charge in [-0.15, -0.1) is 0 Å². The van der Waals surface area contributed by atoms with Crippen molar-refractivity contribution in [3.8, 4) is 0 Å². The van der Waals surface area contributed by atoms with Crippen LogP contribution in [0.3, 0.4) is 0 Å². The highest BCUT2D eigenvalue weighted by Gasteiger charge is 1.89. The van der Waals surface area contributed by atoms with Crippen molar-refractivity contribution in [2.45, 2.75) is 39.5 Å². The molecular formula is C10H22N2. The van der Waals surface area contributed by atoms with E-state index in [4.69, 9.17) is 0 Å². The van der Waals surface area contributed by atoms with Crippen molar-refractivity contribution in [2.24, 2.45) is 0 Å². The fourth-order valence-corrected chi connectivity index (χ4v) is 0.905. The zero-order valence-corrected chi connectivity index (χ0v) is 8.55. The molecule has 0 saturated carbocycles. The normalized spacial score (nSPS) is 10.5. The van der Waals surface area contributed by atoms with Crippen LogP contribution in [0.1, 0.15) is 39.5 Å². The minimum Gasteiger partial charge on any atom is -0.240 e. The van der Waals surface area contributed by atoms with Gasteiger partial charge in [-0.2, -0.15) is 0 Å². The summed E-state index contributed by atoms with van der Waals surface area (Å²) >= 11 is 0. The topological polar surface area (TPSA) is 28.2 Å². The Morgan fingerprint density at radius 2 is 1.08 bits per heavy atom. The molecule has 2 radical (unpaired) electrons. The average Bonchev–Trinajstić information content (AvgIpc) is 2.10. The molecule has 72 valence electrons. The highest BCUT2D eigenvalue weighted by molar-refractivity contribution is 4.50. The molecular weight excluding hydrogens is 148 g/mol. The third-order valence-electron chi connectivity index (χ3n) is 1.76. The van der Waals surface area contributed by atoms with Crippen LogP contribution in [0.25, 0.3) is 0 Å². The molecule has 0 aromatic carbocycles. The lowest BCUT2D eigenvalue weighted by molar-refractivity contribution is 0.566. The van der Waals surface area contributed by atoms with E-state index < -0.39 is 0 Å². The van der Waals surface area contributed by atoms with Crippen LogP contribution >= 0.6 is 0 Å². The molecule has 0 bridgehead atoms. The van der Waals surface area contributed by atoms with Gasteiger partial charge in [-0.25, -0.2) is 10.6 Å². The van der Waals surface area contributed by atoms with Crippen LogP contribution in [-0.4, -0.2) is 26.2 Å². The van der Waals surface area contributed by atoms with Crippen LogP contribution in [-0.2, 0) is 0 Å². The number of hydrogen-bond donors (Lipinski definition) is 0. The van der Waals surface area contributed by atoms with E-state index in [0.717, 1.165) is 26.2 Å². The predicted molar refractivity (Wildman–Crippen MR) is 53.6 cm³/mol. The highest BCUT2D eigenvalue weighted by atomic mass is 14.9. The number of hydrogen-bond acceptors (Lipinski definition) is 0. The van der Waals surface area contributed by atoms with E-state index >= 15 is 0 Å². The Bertz CT molecular complexity index is 64.2. The largest absolute Gasteiger partial charge is 0.240 e. The quantitative estimate of drug-likeness (QED) is 0.472. The van der Waals surface area contributed by atoms with E-state index in [0.29, 0.717) is 0 Å². The fourth-order valence-electron chi connectivity index (χ4n) is 0.905. The maximum Gasteiger partial charge on any atom is 0.0275 e. The summed E-state index contributed by atoms with van der Waals surface area (Å²) in [5.41, 5.74) is 0. The van der Waals surface area contributed by atoms with E-state index in [1.807, 2.05) is 0 Å². The lowest BCUT2D eigenvalue weighted by Gasteiger charge is -2.01. The van der Waals surface area contributed by atoms with Crippen LogP contribution in [0.2, 0.25) is 0 Å². The zero-order valence-electron chi connectivity index (χ0n) is 8.55. The second-order valence-electron chi connectivity index (χ2n) is 3.05. The van der Waals surface area contributed by atoms with Gasteiger partial charge in [0.15, 0.2) is 0 Å². The smallest absolute Gasteiger partial charge is 0.0275 e. The molecule has 0 atom stereocenters. The first-order chi connectivity index (χ1) is 5.91. The Hall–Kier alpha value is -0.0800. The highest BCUT2D eigenvalue weighted by Crippen LogP contribution is 1.84. The van der Waals surface area contributed by atoms with Crippen LogP contribution in [0, 0.1) is 0 Å². The maximum absolute atomic E-state index is 4.36. The molecule has 0 spiro atoms. The molecule has 0 aromatic heterocycles. The summed E-state index contributed by atoms with van der Waals surface area (Å²) in [4.78, 5) is 0. The number of rotatable bonds is 9. The molecule has 2 heteroatoms. The zero-order chi connectivity index (χ0) is 9.07. The van der Waals surface area contributed by atoms with Crippen molar-refractivity contribution in [3.63, 3.8) is 0 Å². The number of nitrogens with zero attached hydrogens (tertiary/aromatic N) is 2. The second kappa shape index (κ2) is 10.9. The van der Waals surface area contributed by atoms with E-state index in [2.05, 4.69) is 24.5 Å². The first-order valence-electron chi connectivity index (χ1n) is 5.18.